The lowest BCUT2D eigenvalue weighted by Gasteiger charge is -2.44. The maximum absolute atomic E-state index is 13.5. The summed E-state index contributed by atoms with van der Waals surface area (Å²) in [4.78, 5) is 39.5. The summed E-state index contributed by atoms with van der Waals surface area (Å²) >= 11 is 0. The maximum Gasteiger partial charge on any atom is 0.315 e. The summed E-state index contributed by atoms with van der Waals surface area (Å²) in [5, 5.41) is 19.8. The van der Waals surface area contributed by atoms with E-state index in [1.54, 1.807) is 13.8 Å². The van der Waals surface area contributed by atoms with Gasteiger partial charge in [-0.3, -0.25) is 9.59 Å². The summed E-state index contributed by atoms with van der Waals surface area (Å²) in [7, 11) is 0. The second-order valence-corrected chi connectivity index (χ2v) is 15.6. The Labute approximate surface area is 286 Å². The highest BCUT2D eigenvalue weighted by Crippen LogP contribution is 2.35. The van der Waals surface area contributed by atoms with Gasteiger partial charge in [0.25, 0.3) is 0 Å². The number of nitrogens with one attached hydrogen (secondary N) is 3. The molecule has 0 spiro atoms. The molecule has 2 fully saturated rings. The minimum absolute atomic E-state index is 0.00527. The Hall–Kier alpha value is -1.87. The number of carboxylic acids is 1. The van der Waals surface area contributed by atoms with Crippen molar-refractivity contribution in [3.05, 3.63) is 0 Å². The predicted molar refractivity (Wildman–Crippen MR) is 189 cm³/mol. The average Bonchev–Trinajstić information content (AvgIpc) is 3.24. The zero-order chi connectivity index (χ0) is 34.7. The van der Waals surface area contributed by atoms with Crippen LogP contribution >= 0.6 is 0 Å². The largest absolute Gasteiger partial charge is 0.481 e. The highest BCUT2D eigenvalue weighted by molar-refractivity contribution is 5.82. The molecule has 0 aromatic carbocycles. The molecule has 0 aromatic heterocycles. The van der Waals surface area contributed by atoms with Crippen molar-refractivity contribution in [1.82, 2.24) is 16.0 Å². The molecule has 3 amide bonds. The molecule has 47 heavy (non-hydrogen) atoms. The van der Waals surface area contributed by atoms with Crippen LogP contribution in [0, 0.1) is 17.3 Å². The molecule has 0 aromatic rings. The zero-order valence-corrected chi connectivity index (χ0v) is 30.9. The number of rotatable bonds is 22. The van der Waals surface area contributed by atoms with E-state index in [1.165, 1.54) is 70.6 Å². The quantitative estimate of drug-likeness (QED) is 0.0679. The van der Waals surface area contributed by atoms with Gasteiger partial charge in [0.2, 0.25) is 5.91 Å². The molecule has 4 N–H and O–H groups in total. The summed E-state index contributed by atoms with van der Waals surface area (Å²) in [6.45, 7) is 12.2. The maximum atomic E-state index is 13.5. The third-order valence-electron chi connectivity index (χ3n) is 10.3. The fourth-order valence-corrected chi connectivity index (χ4v) is 7.25. The van der Waals surface area contributed by atoms with Gasteiger partial charge >= 0.3 is 12.0 Å². The molecule has 2 rings (SSSR count). The Morgan fingerprint density at radius 2 is 1.34 bits per heavy atom. The third kappa shape index (κ3) is 15.9. The summed E-state index contributed by atoms with van der Waals surface area (Å²) in [5.41, 5.74) is -0.552. The molecular weight excluding hydrogens is 594 g/mol. The van der Waals surface area contributed by atoms with E-state index < -0.39 is 29.2 Å². The van der Waals surface area contributed by atoms with Crippen molar-refractivity contribution in [2.75, 3.05) is 13.2 Å². The van der Waals surface area contributed by atoms with Crippen LogP contribution in [0.25, 0.3) is 0 Å². The SMILES string of the molecule is CCCCCCCCCCC(CCCCCCC)NC(=O)NC1CCCCCC1C(CNC(=O)C1OC(C)(C)OCC1(C)C)C(=O)O. The van der Waals surface area contributed by atoms with Gasteiger partial charge in [0.1, 0.15) is 6.10 Å². The van der Waals surface area contributed by atoms with Crippen LogP contribution in [0.4, 0.5) is 4.79 Å². The second kappa shape index (κ2) is 22.0. The molecule has 0 bridgehead atoms. The van der Waals surface area contributed by atoms with Crippen molar-refractivity contribution in [3.8, 4) is 0 Å². The van der Waals surface area contributed by atoms with Crippen LogP contribution in [0.2, 0.25) is 0 Å². The van der Waals surface area contributed by atoms with Crippen molar-refractivity contribution < 1.29 is 29.0 Å². The summed E-state index contributed by atoms with van der Waals surface area (Å²) in [6, 6.07) is -0.325. The molecule has 2 aliphatic rings. The van der Waals surface area contributed by atoms with E-state index in [1.807, 2.05) is 13.8 Å². The fourth-order valence-electron chi connectivity index (χ4n) is 7.25. The highest BCUT2D eigenvalue weighted by atomic mass is 16.7. The van der Waals surface area contributed by atoms with Crippen LogP contribution in [0.3, 0.4) is 0 Å². The van der Waals surface area contributed by atoms with Gasteiger partial charge in [-0.2, -0.15) is 0 Å². The fraction of sp³-hybridized carbons (Fsp3) is 0.921. The first kappa shape index (κ1) is 41.3. The third-order valence-corrected chi connectivity index (χ3v) is 10.3. The minimum atomic E-state index is -0.948. The van der Waals surface area contributed by atoms with Crippen molar-refractivity contribution >= 4 is 17.9 Å². The number of carboxylic acid groups (broad SMARTS) is 1. The van der Waals surface area contributed by atoms with E-state index in [9.17, 15) is 19.5 Å². The Bertz CT molecular complexity index is 910. The molecular formula is C38H71N3O6. The summed E-state index contributed by atoms with van der Waals surface area (Å²) in [5.74, 6) is -3.26. The van der Waals surface area contributed by atoms with E-state index >= 15 is 0 Å². The molecule has 1 saturated heterocycles. The average molecular weight is 666 g/mol. The Morgan fingerprint density at radius 1 is 0.787 bits per heavy atom. The molecule has 9 heteroatoms. The smallest absolute Gasteiger partial charge is 0.315 e. The summed E-state index contributed by atoms with van der Waals surface area (Å²) < 4.78 is 11.7. The molecule has 5 unspecified atom stereocenters. The predicted octanol–water partition coefficient (Wildman–Crippen LogP) is 8.49. The number of carbonyl (C=O) groups excluding carboxylic acids is 2. The van der Waals surface area contributed by atoms with Gasteiger partial charge in [0.05, 0.1) is 12.5 Å². The van der Waals surface area contributed by atoms with Crippen molar-refractivity contribution in [2.45, 2.75) is 194 Å². The molecule has 1 saturated carbocycles. The number of hydrogen-bond acceptors (Lipinski definition) is 5. The van der Waals surface area contributed by atoms with E-state index in [0.717, 1.165) is 51.4 Å². The van der Waals surface area contributed by atoms with E-state index in [0.29, 0.717) is 13.0 Å². The minimum Gasteiger partial charge on any atom is -0.481 e. The number of aliphatic carboxylic acids is 1. The highest BCUT2D eigenvalue weighted by Gasteiger charge is 2.46. The van der Waals surface area contributed by atoms with E-state index in [-0.39, 0.29) is 36.5 Å². The Balaban J connectivity index is 2.00. The van der Waals surface area contributed by atoms with Gasteiger partial charge in [-0.1, -0.05) is 130 Å². The lowest BCUT2D eigenvalue weighted by molar-refractivity contribution is -0.304. The zero-order valence-electron chi connectivity index (χ0n) is 30.9. The van der Waals surface area contributed by atoms with Gasteiger partial charge in [0.15, 0.2) is 5.79 Å². The molecule has 1 aliphatic heterocycles. The molecule has 0 radical (unpaired) electrons. The van der Waals surface area contributed by atoms with Crippen LogP contribution in [0.5, 0.6) is 0 Å². The van der Waals surface area contributed by atoms with Gasteiger partial charge < -0.3 is 30.5 Å². The van der Waals surface area contributed by atoms with Gasteiger partial charge in [-0.25, -0.2) is 4.79 Å². The van der Waals surface area contributed by atoms with Crippen LogP contribution in [0.15, 0.2) is 0 Å². The summed E-state index contributed by atoms with van der Waals surface area (Å²) in [6.07, 6.45) is 21.6. The number of unbranched alkanes of at least 4 members (excludes halogenated alkanes) is 11. The first-order chi connectivity index (χ1) is 22.4. The van der Waals surface area contributed by atoms with Gasteiger partial charge in [-0.15, -0.1) is 0 Å². The standard InChI is InChI=1S/C38H71N3O6/c1-7-9-11-13-14-15-17-20-24-29(23-19-16-12-10-8-2)40-36(45)41-32-26-22-18-21-25-30(32)31(35(43)44)27-39-34(42)33-37(3,4)28-46-38(5,6)47-33/h29-33H,7-28H2,1-6H3,(H,39,42)(H,43,44)(H2,40,41,45). The van der Waals surface area contributed by atoms with Crippen LogP contribution in [-0.2, 0) is 19.1 Å². The molecule has 274 valence electrons. The van der Waals surface area contributed by atoms with E-state index in [2.05, 4.69) is 29.8 Å². The van der Waals surface area contributed by atoms with Crippen molar-refractivity contribution in [2.24, 2.45) is 17.3 Å². The lowest BCUT2D eigenvalue weighted by atomic mass is 9.82. The second-order valence-electron chi connectivity index (χ2n) is 15.6. The Morgan fingerprint density at radius 3 is 1.91 bits per heavy atom. The first-order valence-electron chi connectivity index (χ1n) is 19.3. The molecule has 1 heterocycles. The van der Waals surface area contributed by atoms with Crippen LogP contribution in [0.1, 0.15) is 170 Å². The van der Waals surface area contributed by atoms with Gasteiger partial charge in [-0.05, 0) is 45.4 Å². The topological polar surface area (TPSA) is 126 Å². The van der Waals surface area contributed by atoms with Crippen LogP contribution in [-0.4, -0.2) is 60.1 Å². The normalized spacial score (nSPS) is 23.7. The number of amides is 3. The molecule has 5 atom stereocenters. The van der Waals surface area contributed by atoms with Crippen molar-refractivity contribution in [3.63, 3.8) is 0 Å². The molecule has 1 aliphatic carbocycles. The lowest BCUT2D eigenvalue weighted by Crippen LogP contribution is -2.57. The Kier molecular flexibility index (Phi) is 19.3. The number of hydrogen-bond donors (Lipinski definition) is 4. The van der Waals surface area contributed by atoms with Crippen molar-refractivity contribution in [1.29, 1.82) is 0 Å². The monoisotopic (exact) mass is 666 g/mol. The van der Waals surface area contributed by atoms with Crippen LogP contribution < -0.4 is 16.0 Å². The number of carbonyl (C=O) groups is 3. The van der Waals surface area contributed by atoms with E-state index in [4.69, 9.17) is 9.47 Å². The molecule has 9 nitrogen and oxygen atoms in total. The number of urea groups is 1. The first-order valence-corrected chi connectivity index (χ1v) is 19.3. The van der Waals surface area contributed by atoms with Gasteiger partial charge in [0, 0.05) is 24.0 Å². The number of ether oxygens (including phenoxy) is 2.